The SMILES string of the molecule is CC[C@@H]1C[C@H]1C(=O)N1CCN[C@@H](C)C1. The van der Waals surface area contributed by atoms with Gasteiger partial charge in [0.15, 0.2) is 0 Å². The number of piperazine rings is 1. The Morgan fingerprint density at radius 2 is 2.36 bits per heavy atom. The molecule has 14 heavy (non-hydrogen) atoms. The van der Waals surface area contributed by atoms with E-state index in [4.69, 9.17) is 0 Å². The molecule has 1 heterocycles. The van der Waals surface area contributed by atoms with E-state index in [1.807, 2.05) is 4.90 Å². The van der Waals surface area contributed by atoms with Gasteiger partial charge in [-0.25, -0.2) is 0 Å². The first-order valence-electron chi connectivity index (χ1n) is 5.74. The van der Waals surface area contributed by atoms with E-state index in [2.05, 4.69) is 19.2 Å². The predicted octanol–water partition coefficient (Wildman–Crippen LogP) is 0.853. The highest BCUT2D eigenvalue weighted by Crippen LogP contribution is 2.42. The lowest BCUT2D eigenvalue weighted by Gasteiger charge is -2.32. The Hall–Kier alpha value is -0.570. The molecule has 2 rings (SSSR count). The number of hydrogen-bond acceptors (Lipinski definition) is 2. The van der Waals surface area contributed by atoms with Crippen molar-refractivity contribution in [1.29, 1.82) is 0 Å². The van der Waals surface area contributed by atoms with Crippen molar-refractivity contribution in [2.75, 3.05) is 19.6 Å². The Kier molecular flexibility index (Phi) is 2.77. The van der Waals surface area contributed by atoms with Crippen LogP contribution in [-0.4, -0.2) is 36.5 Å². The molecule has 1 saturated carbocycles. The van der Waals surface area contributed by atoms with Crippen molar-refractivity contribution in [2.45, 2.75) is 32.7 Å². The van der Waals surface area contributed by atoms with E-state index < -0.39 is 0 Å². The minimum absolute atomic E-state index is 0.366. The second-order valence-corrected chi connectivity index (χ2v) is 4.65. The second kappa shape index (κ2) is 3.89. The number of carbonyl (C=O) groups is 1. The average molecular weight is 196 g/mol. The highest BCUT2D eigenvalue weighted by molar-refractivity contribution is 5.81. The standard InChI is InChI=1S/C11H20N2O/c1-3-9-6-10(9)11(14)13-5-4-12-8(2)7-13/h8-10,12H,3-7H2,1-2H3/t8-,9+,10+/m0/s1. The second-order valence-electron chi connectivity index (χ2n) is 4.65. The summed E-state index contributed by atoms with van der Waals surface area (Å²) in [7, 11) is 0. The van der Waals surface area contributed by atoms with Gasteiger partial charge in [-0.3, -0.25) is 4.79 Å². The molecule has 0 aromatic heterocycles. The van der Waals surface area contributed by atoms with Crippen LogP contribution in [0.1, 0.15) is 26.7 Å². The Balaban J connectivity index is 1.85. The number of nitrogens with one attached hydrogen (secondary N) is 1. The molecule has 1 aliphatic carbocycles. The van der Waals surface area contributed by atoms with Crippen molar-refractivity contribution in [3.8, 4) is 0 Å². The van der Waals surface area contributed by atoms with E-state index in [9.17, 15) is 4.79 Å². The quantitative estimate of drug-likeness (QED) is 0.710. The minimum Gasteiger partial charge on any atom is -0.340 e. The van der Waals surface area contributed by atoms with Gasteiger partial charge in [0.2, 0.25) is 5.91 Å². The van der Waals surface area contributed by atoms with E-state index >= 15 is 0 Å². The Morgan fingerprint density at radius 1 is 1.57 bits per heavy atom. The summed E-state index contributed by atoms with van der Waals surface area (Å²) < 4.78 is 0. The fourth-order valence-corrected chi connectivity index (χ4v) is 2.37. The third-order valence-electron chi connectivity index (χ3n) is 3.44. The average Bonchev–Trinajstić information content (AvgIpc) is 2.95. The van der Waals surface area contributed by atoms with Gasteiger partial charge in [0, 0.05) is 31.6 Å². The van der Waals surface area contributed by atoms with Crippen LogP contribution in [0.3, 0.4) is 0 Å². The third kappa shape index (κ3) is 1.92. The maximum Gasteiger partial charge on any atom is 0.226 e. The van der Waals surface area contributed by atoms with Crippen molar-refractivity contribution in [1.82, 2.24) is 10.2 Å². The van der Waals surface area contributed by atoms with Gasteiger partial charge in [0.25, 0.3) is 0 Å². The summed E-state index contributed by atoms with van der Waals surface area (Å²) in [6.45, 7) is 7.07. The van der Waals surface area contributed by atoms with Crippen LogP contribution >= 0.6 is 0 Å². The molecular weight excluding hydrogens is 176 g/mol. The van der Waals surface area contributed by atoms with Crippen molar-refractivity contribution >= 4 is 5.91 Å². The first kappa shape index (κ1) is 9.97. The molecular formula is C11H20N2O. The lowest BCUT2D eigenvalue weighted by Crippen LogP contribution is -2.51. The van der Waals surface area contributed by atoms with Crippen LogP contribution in [0.4, 0.5) is 0 Å². The lowest BCUT2D eigenvalue weighted by molar-refractivity contribution is -0.134. The van der Waals surface area contributed by atoms with E-state index in [-0.39, 0.29) is 0 Å². The van der Waals surface area contributed by atoms with Gasteiger partial charge < -0.3 is 10.2 Å². The topological polar surface area (TPSA) is 32.3 Å². The van der Waals surface area contributed by atoms with Gasteiger partial charge in [-0.15, -0.1) is 0 Å². The zero-order chi connectivity index (χ0) is 10.1. The van der Waals surface area contributed by atoms with Crippen molar-refractivity contribution in [3.63, 3.8) is 0 Å². The zero-order valence-corrected chi connectivity index (χ0v) is 9.12. The summed E-state index contributed by atoms with van der Waals surface area (Å²) in [5.41, 5.74) is 0. The number of rotatable bonds is 2. The zero-order valence-electron chi connectivity index (χ0n) is 9.12. The number of hydrogen-bond donors (Lipinski definition) is 1. The van der Waals surface area contributed by atoms with Gasteiger partial charge in [-0.1, -0.05) is 13.3 Å². The lowest BCUT2D eigenvalue weighted by atomic mass is 10.2. The molecule has 1 amide bonds. The fraction of sp³-hybridized carbons (Fsp3) is 0.909. The van der Waals surface area contributed by atoms with Crippen LogP contribution < -0.4 is 5.32 Å². The molecule has 1 saturated heterocycles. The van der Waals surface area contributed by atoms with Crippen LogP contribution in [0, 0.1) is 11.8 Å². The van der Waals surface area contributed by atoms with E-state index in [1.165, 1.54) is 0 Å². The largest absolute Gasteiger partial charge is 0.340 e. The molecule has 0 spiro atoms. The van der Waals surface area contributed by atoms with Gasteiger partial charge in [0.05, 0.1) is 0 Å². The summed E-state index contributed by atoms with van der Waals surface area (Å²) in [5, 5.41) is 3.36. The van der Waals surface area contributed by atoms with Crippen molar-refractivity contribution < 1.29 is 4.79 Å². The predicted molar refractivity (Wildman–Crippen MR) is 55.9 cm³/mol. The molecule has 1 N–H and O–H groups in total. The molecule has 2 aliphatic rings. The molecule has 0 unspecified atom stereocenters. The van der Waals surface area contributed by atoms with Crippen LogP contribution in [-0.2, 0) is 4.79 Å². The van der Waals surface area contributed by atoms with E-state index in [0.29, 0.717) is 23.8 Å². The molecule has 1 aliphatic heterocycles. The molecule has 0 radical (unpaired) electrons. The molecule has 3 nitrogen and oxygen atoms in total. The summed E-state index contributed by atoms with van der Waals surface area (Å²) in [5.74, 6) is 1.46. The molecule has 0 aromatic rings. The molecule has 80 valence electrons. The van der Waals surface area contributed by atoms with Crippen LogP contribution in [0.5, 0.6) is 0 Å². The van der Waals surface area contributed by atoms with Gasteiger partial charge >= 0.3 is 0 Å². The highest BCUT2D eigenvalue weighted by atomic mass is 16.2. The van der Waals surface area contributed by atoms with E-state index in [0.717, 1.165) is 32.5 Å². The summed E-state index contributed by atoms with van der Waals surface area (Å²) in [4.78, 5) is 14.0. The first-order chi connectivity index (χ1) is 6.72. The van der Waals surface area contributed by atoms with Crippen molar-refractivity contribution in [3.05, 3.63) is 0 Å². The molecule has 0 aromatic carbocycles. The Morgan fingerprint density at radius 3 is 2.93 bits per heavy atom. The molecule has 2 fully saturated rings. The monoisotopic (exact) mass is 196 g/mol. The Bertz CT molecular complexity index is 229. The summed E-state index contributed by atoms with van der Waals surface area (Å²) in [6.07, 6.45) is 2.30. The minimum atomic E-state index is 0.366. The van der Waals surface area contributed by atoms with Gasteiger partial charge in [-0.2, -0.15) is 0 Å². The molecule has 3 atom stereocenters. The smallest absolute Gasteiger partial charge is 0.226 e. The number of carbonyl (C=O) groups excluding carboxylic acids is 1. The fourth-order valence-electron chi connectivity index (χ4n) is 2.37. The van der Waals surface area contributed by atoms with Crippen molar-refractivity contribution in [2.24, 2.45) is 11.8 Å². The number of amides is 1. The number of nitrogens with zero attached hydrogens (tertiary/aromatic N) is 1. The molecule has 3 heteroatoms. The maximum atomic E-state index is 12.0. The van der Waals surface area contributed by atoms with E-state index in [1.54, 1.807) is 0 Å². The van der Waals surface area contributed by atoms with Crippen LogP contribution in [0.25, 0.3) is 0 Å². The van der Waals surface area contributed by atoms with Crippen LogP contribution in [0.2, 0.25) is 0 Å². The maximum absolute atomic E-state index is 12.0. The normalized spacial score (nSPS) is 37.0. The highest BCUT2D eigenvalue weighted by Gasteiger charge is 2.43. The summed E-state index contributed by atoms with van der Waals surface area (Å²) in [6, 6.07) is 0.464. The van der Waals surface area contributed by atoms with Gasteiger partial charge in [0.1, 0.15) is 0 Å². The molecule has 0 bridgehead atoms. The summed E-state index contributed by atoms with van der Waals surface area (Å²) >= 11 is 0. The van der Waals surface area contributed by atoms with Crippen LogP contribution in [0.15, 0.2) is 0 Å². The first-order valence-corrected chi connectivity index (χ1v) is 5.74. The Labute approximate surface area is 85.8 Å². The third-order valence-corrected chi connectivity index (χ3v) is 3.44. The van der Waals surface area contributed by atoms with Gasteiger partial charge in [-0.05, 0) is 19.3 Å².